The number of rotatable bonds is 7. The number of hydrogen-bond acceptors (Lipinski definition) is 5. The van der Waals surface area contributed by atoms with Gasteiger partial charge in [0.25, 0.3) is 5.91 Å². The van der Waals surface area contributed by atoms with Gasteiger partial charge in [-0.1, -0.05) is 11.6 Å². The predicted molar refractivity (Wildman–Crippen MR) is 114 cm³/mol. The molecule has 9 heteroatoms. The van der Waals surface area contributed by atoms with Crippen molar-refractivity contribution >= 4 is 52.5 Å². The summed E-state index contributed by atoms with van der Waals surface area (Å²) in [6.45, 7) is 2.31. The summed E-state index contributed by atoms with van der Waals surface area (Å²) < 4.78 is 5.37. The Hall–Kier alpha value is -2.71. The van der Waals surface area contributed by atoms with Crippen molar-refractivity contribution in [2.24, 2.45) is 0 Å². The molecule has 29 heavy (non-hydrogen) atoms. The van der Waals surface area contributed by atoms with Crippen LogP contribution in [0.25, 0.3) is 0 Å². The highest BCUT2D eigenvalue weighted by Gasteiger charge is 2.29. The molecule has 0 bridgehead atoms. The van der Waals surface area contributed by atoms with Gasteiger partial charge in [-0.3, -0.25) is 14.4 Å². The van der Waals surface area contributed by atoms with Crippen LogP contribution in [-0.4, -0.2) is 36.1 Å². The molecule has 3 amide bonds. The van der Waals surface area contributed by atoms with Crippen LogP contribution in [0.5, 0.6) is 5.75 Å². The van der Waals surface area contributed by atoms with Crippen molar-refractivity contribution in [2.45, 2.75) is 23.5 Å². The van der Waals surface area contributed by atoms with E-state index in [1.54, 1.807) is 36.4 Å². The van der Waals surface area contributed by atoms with Gasteiger partial charge < -0.3 is 20.7 Å². The predicted octanol–water partition coefficient (Wildman–Crippen LogP) is 3.30. The van der Waals surface area contributed by atoms with Crippen LogP contribution in [0.2, 0.25) is 5.02 Å². The Balaban J connectivity index is 1.52. The lowest BCUT2D eigenvalue weighted by Crippen LogP contribution is -2.32. The van der Waals surface area contributed by atoms with Gasteiger partial charge in [0.1, 0.15) is 5.75 Å². The average Bonchev–Trinajstić information content (AvgIpc) is 2.68. The average molecular weight is 434 g/mol. The fourth-order valence-electron chi connectivity index (χ4n) is 2.67. The number of ether oxygens (including phenoxy) is 1. The Morgan fingerprint density at radius 1 is 1.17 bits per heavy atom. The third-order valence-corrected chi connectivity index (χ3v) is 5.52. The van der Waals surface area contributed by atoms with E-state index in [0.717, 1.165) is 4.90 Å². The van der Waals surface area contributed by atoms with Crippen molar-refractivity contribution in [3.63, 3.8) is 0 Å². The Labute approximate surface area is 177 Å². The third kappa shape index (κ3) is 5.88. The molecule has 3 N–H and O–H groups in total. The molecule has 0 aliphatic carbocycles. The van der Waals surface area contributed by atoms with Crippen molar-refractivity contribution in [2.75, 3.05) is 23.8 Å². The van der Waals surface area contributed by atoms with Crippen LogP contribution in [0.4, 0.5) is 11.4 Å². The number of fused-ring (bicyclic) bond motifs is 1. The number of carbonyl (C=O) groups is 3. The van der Waals surface area contributed by atoms with E-state index in [1.165, 1.54) is 11.8 Å². The summed E-state index contributed by atoms with van der Waals surface area (Å²) in [6.07, 6.45) is 0.0357. The minimum absolute atomic E-state index is 0.0357. The molecule has 1 aliphatic heterocycles. The Kier molecular flexibility index (Phi) is 7.00. The highest BCUT2D eigenvalue weighted by Crippen LogP contribution is 2.38. The smallest absolute Gasteiger partial charge is 0.257 e. The number of thioether (sulfide) groups is 1. The molecule has 7 nitrogen and oxygen atoms in total. The zero-order valence-corrected chi connectivity index (χ0v) is 17.2. The topological polar surface area (TPSA) is 96.5 Å². The lowest BCUT2D eigenvalue weighted by Gasteiger charge is -2.23. The number of carbonyl (C=O) groups excluding carboxylic acids is 3. The van der Waals surface area contributed by atoms with E-state index in [0.29, 0.717) is 28.7 Å². The van der Waals surface area contributed by atoms with Gasteiger partial charge >= 0.3 is 0 Å². The summed E-state index contributed by atoms with van der Waals surface area (Å²) in [7, 11) is 0. The second-order valence-electron chi connectivity index (χ2n) is 6.26. The summed E-state index contributed by atoms with van der Waals surface area (Å²) in [5.41, 5.74) is 1.24. The molecular weight excluding hydrogens is 414 g/mol. The van der Waals surface area contributed by atoms with Gasteiger partial charge in [0.2, 0.25) is 11.8 Å². The first-order valence-electron chi connectivity index (χ1n) is 9.01. The molecule has 0 saturated carbocycles. The van der Waals surface area contributed by atoms with Gasteiger partial charge in [-0.2, -0.15) is 0 Å². The molecule has 0 saturated heterocycles. The monoisotopic (exact) mass is 433 g/mol. The molecule has 1 aliphatic rings. The number of halogens is 1. The highest BCUT2D eigenvalue weighted by atomic mass is 35.5. The molecule has 2 aromatic carbocycles. The fourth-order valence-corrected chi connectivity index (χ4v) is 3.93. The van der Waals surface area contributed by atoms with Crippen LogP contribution >= 0.6 is 23.4 Å². The van der Waals surface area contributed by atoms with Crippen molar-refractivity contribution in [3.05, 3.63) is 47.5 Å². The Morgan fingerprint density at radius 3 is 2.66 bits per heavy atom. The normalized spacial score (nSPS) is 15.1. The SMILES string of the molecule is CCNC(=O)COc1ccc(NC(=O)CC2Sc3ccc(Cl)cc3NC2=O)cc1. The number of likely N-dealkylation sites (N-methyl/N-ethyl adjacent to an activating group) is 1. The van der Waals surface area contributed by atoms with E-state index < -0.39 is 5.25 Å². The van der Waals surface area contributed by atoms with E-state index >= 15 is 0 Å². The zero-order chi connectivity index (χ0) is 20.8. The standard InChI is InChI=1S/C20H20ClN3O4S/c1-2-22-19(26)11-28-14-6-4-13(5-7-14)23-18(25)10-17-20(27)24-15-9-12(21)3-8-16(15)29-17/h3-9,17H,2,10-11H2,1H3,(H,22,26)(H,23,25)(H,24,27). The summed E-state index contributed by atoms with van der Waals surface area (Å²) in [6, 6.07) is 11.9. The largest absolute Gasteiger partial charge is 0.484 e. The minimum Gasteiger partial charge on any atom is -0.484 e. The number of benzene rings is 2. The molecule has 0 aromatic heterocycles. The summed E-state index contributed by atoms with van der Waals surface area (Å²) in [4.78, 5) is 36.9. The van der Waals surface area contributed by atoms with Gasteiger partial charge in [0.15, 0.2) is 6.61 Å². The van der Waals surface area contributed by atoms with E-state index in [1.807, 2.05) is 13.0 Å². The quantitative estimate of drug-likeness (QED) is 0.622. The van der Waals surface area contributed by atoms with Gasteiger partial charge in [0, 0.05) is 28.6 Å². The molecule has 0 fully saturated rings. The van der Waals surface area contributed by atoms with E-state index in [-0.39, 0.29) is 30.7 Å². The Morgan fingerprint density at radius 2 is 1.93 bits per heavy atom. The maximum Gasteiger partial charge on any atom is 0.257 e. The number of amides is 3. The molecule has 1 atom stereocenters. The van der Waals surface area contributed by atoms with E-state index in [9.17, 15) is 14.4 Å². The first-order chi connectivity index (χ1) is 13.9. The maximum atomic E-state index is 12.4. The number of nitrogens with one attached hydrogen (secondary N) is 3. The third-order valence-electron chi connectivity index (χ3n) is 4.01. The van der Waals surface area contributed by atoms with Crippen LogP contribution in [0, 0.1) is 0 Å². The number of hydrogen-bond donors (Lipinski definition) is 3. The fraction of sp³-hybridized carbons (Fsp3) is 0.250. The first kappa shape index (κ1) is 21.0. The molecule has 3 rings (SSSR count). The lowest BCUT2D eigenvalue weighted by molar-refractivity contribution is -0.123. The van der Waals surface area contributed by atoms with Crippen molar-refractivity contribution in [1.82, 2.24) is 5.32 Å². The lowest BCUT2D eigenvalue weighted by atomic mass is 10.2. The van der Waals surface area contributed by atoms with Gasteiger partial charge in [-0.05, 0) is 49.4 Å². The van der Waals surface area contributed by atoms with Crippen LogP contribution in [0.3, 0.4) is 0 Å². The molecule has 2 aromatic rings. The van der Waals surface area contributed by atoms with Gasteiger partial charge in [0.05, 0.1) is 10.9 Å². The maximum absolute atomic E-state index is 12.4. The van der Waals surface area contributed by atoms with Crippen LogP contribution in [0.1, 0.15) is 13.3 Å². The van der Waals surface area contributed by atoms with Crippen molar-refractivity contribution in [1.29, 1.82) is 0 Å². The van der Waals surface area contributed by atoms with Crippen LogP contribution in [-0.2, 0) is 14.4 Å². The van der Waals surface area contributed by atoms with E-state index in [4.69, 9.17) is 16.3 Å². The first-order valence-corrected chi connectivity index (χ1v) is 10.3. The van der Waals surface area contributed by atoms with E-state index in [2.05, 4.69) is 16.0 Å². The summed E-state index contributed by atoms with van der Waals surface area (Å²) in [5, 5.41) is 8.21. The highest BCUT2D eigenvalue weighted by molar-refractivity contribution is 8.01. The molecular formula is C20H20ClN3O4S. The molecule has 0 radical (unpaired) electrons. The molecule has 0 spiro atoms. The van der Waals surface area contributed by atoms with Gasteiger partial charge in [-0.25, -0.2) is 0 Å². The number of anilines is 2. The second-order valence-corrected chi connectivity index (χ2v) is 7.94. The molecule has 1 heterocycles. The van der Waals surface area contributed by atoms with Crippen LogP contribution in [0.15, 0.2) is 47.4 Å². The minimum atomic E-state index is -0.525. The molecule has 1 unspecified atom stereocenters. The van der Waals surface area contributed by atoms with Gasteiger partial charge in [-0.15, -0.1) is 11.8 Å². The van der Waals surface area contributed by atoms with Crippen molar-refractivity contribution in [3.8, 4) is 5.75 Å². The van der Waals surface area contributed by atoms with Crippen molar-refractivity contribution < 1.29 is 19.1 Å². The Bertz CT molecular complexity index is 920. The second kappa shape index (κ2) is 9.67. The summed E-state index contributed by atoms with van der Waals surface area (Å²) in [5.74, 6) is -0.177. The molecule has 152 valence electrons. The van der Waals surface area contributed by atoms with Crippen LogP contribution < -0.4 is 20.7 Å². The summed E-state index contributed by atoms with van der Waals surface area (Å²) >= 11 is 7.28. The zero-order valence-electron chi connectivity index (χ0n) is 15.7.